The fourth-order valence-electron chi connectivity index (χ4n) is 3.16. The van der Waals surface area contributed by atoms with Gasteiger partial charge < -0.3 is 20.3 Å². The number of rotatable bonds is 3. The lowest BCUT2D eigenvalue weighted by molar-refractivity contribution is -0.127. The number of hydrogen-bond acceptors (Lipinski definition) is 4. The number of ether oxygens (including phenoxy) is 1. The molecule has 0 saturated carbocycles. The van der Waals surface area contributed by atoms with E-state index in [0.717, 1.165) is 5.57 Å². The molecule has 1 aromatic carbocycles. The molecule has 2 aliphatic rings. The Bertz CT molecular complexity index is 811. The zero-order chi connectivity index (χ0) is 19.6. The summed E-state index contributed by atoms with van der Waals surface area (Å²) in [4.78, 5) is 38.1. The number of amides is 4. The van der Waals surface area contributed by atoms with Gasteiger partial charge in [0.1, 0.15) is 5.82 Å². The highest BCUT2D eigenvalue weighted by Gasteiger charge is 2.36. The first-order chi connectivity index (χ1) is 12.9. The summed E-state index contributed by atoms with van der Waals surface area (Å²) in [6, 6.07) is 4.32. The second-order valence-corrected chi connectivity index (χ2v) is 6.24. The fraction of sp³-hybridized carbons (Fsp3) is 0.389. The molecular weight excluding hydrogens is 355 g/mol. The summed E-state index contributed by atoms with van der Waals surface area (Å²) in [5.41, 5.74) is 1.58. The number of anilines is 1. The summed E-state index contributed by atoms with van der Waals surface area (Å²) in [6.07, 6.45) is 0.757. The Hall–Kier alpha value is -3.10. The van der Waals surface area contributed by atoms with Crippen molar-refractivity contribution in [1.29, 1.82) is 0 Å². The highest BCUT2D eigenvalue weighted by atomic mass is 19.1. The molecule has 3 rings (SSSR count). The predicted octanol–water partition coefficient (Wildman–Crippen LogP) is 1.33. The molecule has 0 radical (unpaired) electrons. The molecule has 1 fully saturated rings. The Kier molecular flexibility index (Phi) is 5.29. The Balaban J connectivity index is 1.75. The monoisotopic (exact) mass is 376 g/mol. The zero-order valence-electron chi connectivity index (χ0n) is 15.1. The molecule has 0 bridgehead atoms. The molecule has 144 valence electrons. The maximum atomic E-state index is 14.7. The van der Waals surface area contributed by atoms with Crippen LogP contribution in [-0.2, 0) is 9.53 Å². The van der Waals surface area contributed by atoms with E-state index in [9.17, 15) is 18.8 Å². The number of benzene rings is 1. The molecule has 27 heavy (non-hydrogen) atoms. The van der Waals surface area contributed by atoms with Gasteiger partial charge in [0.2, 0.25) is 0 Å². The van der Waals surface area contributed by atoms with Gasteiger partial charge in [0.05, 0.1) is 12.2 Å². The van der Waals surface area contributed by atoms with Crippen LogP contribution in [0.2, 0.25) is 0 Å². The van der Waals surface area contributed by atoms with Gasteiger partial charge in [0.15, 0.2) is 6.10 Å². The van der Waals surface area contributed by atoms with E-state index >= 15 is 0 Å². The zero-order valence-corrected chi connectivity index (χ0v) is 15.1. The lowest BCUT2D eigenvalue weighted by Crippen LogP contribution is -2.40. The van der Waals surface area contributed by atoms with Crippen molar-refractivity contribution in [1.82, 2.24) is 15.5 Å². The first-order valence-electron chi connectivity index (χ1n) is 8.60. The first-order valence-corrected chi connectivity index (χ1v) is 8.60. The van der Waals surface area contributed by atoms with Crippen LogP contribution in [0.3, 0.4) is 0 Å². The van der Waals surface area contributed by atoms with Gasteiger partial charge in [-0.2, -0.15) is 0 Å². The van der Waals surface area contributed by atoms with Crippen molar-refractivity contribution in [3.05, 3.63) is 35.7 Å². The van der Waals surface area contributed by atoms with Crippen LogP contribution < -0.4 is 15.5 Å². The van der Waals surface area contributed by atoms with Gasteiger partial charge in [0, 0.05) is 32.7 Å². The number of carbonyl (C=O) groups is 3. The van der Waals surface area contributed by atoms with E-state index in [1.807, 2.05) is 6.08 Å². The number of cyclic esters (lactones) is 1. The standard InChI is InChI=1S/C18H21FN4O4/c1-20-16(24)15-10-23(18(26)27-15)12-3-4-13(14(19)9-12)11-5-7-22(8-6-11)17(25)21-2/h3-5,9,15H,6-8,10H2,1-2H3,(H,20,24)(H,21,25)/t15-/m1/s1. The van der Waals surface area contributed by atoms with Crippen LogP contribution in [0.5, 0.6) is 0 Å². The lowest BCUT2D eigenvalue weighted by Gasteiger charge is -2.26. The summed E-state index contributed by atoms with van der Waals surface area (Å²) in [7, 11) is 3.02. The number of hydrogen-bond donors (Lipinski definition) is 2. The van der Waals surface area contributed by atoms with E-state index in [0.29, 0.717) is 30.8 Å². The molecule has 1 atom stereocenters. The first kappa shape index (κ1) is 18.7. The van der Waals surface area contributed by atoms with Crippen molar-refractivity contribution in [2.75, 3.05) is 38.6 Å². The van der Waals surface area contributed by atoms with Crippen molar-refractivity contribution in [2.45, 2.75) is 12.5 Å². The van der Waals surface area contributed by atoms with Crippen LogP contribution >= 0.6 is 0 Å². The second kappa shape index (κ2) is 7.65. The smallest absolute Gasteiger partial charge is 0.415 e. The Morgan fingerprint density at radius 2 is 2.04 bits per heavy atom. The molecule has 4 amide bonds. The van der Waals surface area contributed by atoms with E-state index in [-0.39, 0.29) is 12.6 Å². The molecule has 2 aliphatic heterocycles. The summed E-state index contributed by atoms with van der Waals surface area (Å²) in [6.45, 7) is 0.933. The van der Waals surface area contributed by atoms with Crippen LogP contribution in [0.1, 0.15) is 12.0 Å². The highest BCUT2D eigenvalue weighted by Crippen LogP contribution is 2.29. The molecule has 0 unspecified atom stereocenters. The van der Waals surface area contributed by atoms with Gasteiger partial charge >= 0.3 is 12.1 Å². The fourth-order valence-corrected chi connectivity index (χ4v) is 3.16. The molecular formula is C18H21FN4O4. The van der Waals surface area contributed by atoms with E-state index < -0.39 is 23.9 Å². The van der Waals surface area contributed by atoms with Gasteiger partial charge in [-0.05, 0) is 30.2 Å². The van der Waals surface area contributed by atoms with E-state index in [4.69, 9.17) is 4.74 Å². The van der Waals surface area contributed by atoms with Crippen LogP contribution in [0.15, 0.2) is 24.3 Å². The number of urea groups is 1. The van der Waals surface area contributed by atoms with Crippen molar-refractivity contribution >= 4 is 29.3 Å². The minimum absolute atomic E-state index is 0.0288. The topological polar surface area (TPSA) is 91.0 Å². The van der Waals surface area contributed by atoms with Gasteiger partial charge in [-0.3, -0.25) is 9.69 Å². The average molecular weight is 376 g/mol. The van der Waals surface area contributed by atoms with Crippen LogP contribution in [0.25, 0.3) is 5.57 Å². The summed E-state index contributed by atoms with van der Waals surface area (Å²) >= 11 is 0. The van der Waals surface area contributed by atoms with E-state index in [1.54, 1.807) is 24.1 Å². The molecule has 9 heteroatoms. The number of carbonyl (C=O) groups excluding carboxylic acids is 3. The average Bonchev–Trinajstić information content (AvgIpc) is 3.08. The molecule has 2 heterocycles. The molecule has 0 aromatic heterocycles. The maximum absolute atomic E-state index is 14.7. The van der Waals surface area contributed by atoms with Crippen molar-refractivity contribution in [3.8, 4) is 0 Å². The van der Waals surface area contributed by atoms with Gasteiger partial charge in [-0.15, -0.1) is 0 Å². The SMILES string of the molecule is CNC(=O)[C@H]1CN(c2ccc(C3=CCN(C(=O)NC)CC3)c(F)c2)C(=O)O1. The van der Waals surface area contributed by atoms with Gasteiger partial charge in [-0.25, -0.2) is 14.0 Å². The number of likely N-dealkylation sites (N-methyl/N-ethyl adjacent to an activating group) is 1. The van der Waals surface area contributed by atoms with Crippen molar-refractivity contribution in [3.63, 3.8) is 0 Å². The Morgan fingerprint density at radius 1 is 1.26 bits per heavy atom. The number of nitrogens with one attached hydrogen (secondary N) is 2. The minimum atomic E-state index is -0.915. The summed E-state index contributed by atoms with van der Waals surface area (Å²) < 4.78 is 19.7. The number of halogens is 1. The highest BCUT2D eigenvalue weighted by molar-refractivity contribution is 5.95. The van der Waals surface area contributed by atoms with Crippen LogP contribution in [0, 0.1) is 5.82 Å². The third kappa shape index (κ3) is 3.71. The van der Waals surface area contributed by atoms with Gasteiger partial charge in [-0.1, -0.05) is 6.08 Å². The molecule has 1 aromatic rings. The molecule has 1 saturated heterocycles. The van der Waals surface area contributed by atoms with Crippen LogP contribution in [-0.4, -0.2) is 62.8 Å². The van der Waals surface area contributed by atoms with Gasteiger partial charge in [0.25, 0.3) is 5.91 Å². The minimum Gasteiger partial charge on any atom is -0.434 e. The quantitative estimate of drug-likeness (QED) is 0.833. The lowest BCUT2D eigenvalue weighted by atomic mass is 9.98. The van der Waals surface area contributed by atoms with Crippen molar-refractivity contribution < 1.29 is 23.5 Å². The molecule has 8 nitrogen and oxygen atoms in total. The number of nitrogens with zero attached hydrogens (tertiary/aromatic N) is 2. The molecule has 0 spiro atoms. The van der Waals surface area contributed by atoms with Crippen LogP contribution in [0.4, 0.5) is 19.7 Å². The Morgan fingerprint density at radius 3 is 2.63 bits per heavy atom. The van der Waals surface area contributed by atoms with Crippen molar-refractivity contribution in [2.24, 2.45) is 0 Å². The summed E-state index contributed by atoms with van der Waals surface area (Å²) in [5.74, 6) is -0.876. The third-order valence-corrected chi connectivity index (χ3v) is 4.67. The third-order valence-electron chi connectivity index (χ3n) is 4.67. The Labute approximate surface area is 155 Å². The predicted molar refractivity (Wildman–Crippen MR) is 96.7 cm³/mol. The maximum Gasteiger partial charge on any atom is 0.415 e. The summed E-state index contributed by atoms with van der Waals surface area (Å²) in [5, 5.41) is 4.99. The molecule has 0 aliphatic carbocycles. The van der Waals surface area contributed by atoms with E-state index in [2.05, 4.69) is 10.6 Å². The van der Waals surface area contributed by atoms with E-state index in [1.165, 1.54) is 18.0 Å². The largest absolute Gasteiger partial charge is 0.434 e. The molecule has 2 N–H and O–H groups in total. The second-order valence-electron chi connectivity index (χ2n) is 6.24. The normalized spacial score (nSPS) is 19.4.